The van der Waals surface area contributed by atoms with Crippen LogP contribution in [0.5, 0.6) is 0 Å². The lowest BCUT2D eigenvalue weighted by Gasteiger charge is -2.23. The molecule has 0 saturated heterocycles. The third kappa shape index (κ3) is 1.81. The Labute approximate surface area is 98.6 Å². The fourth-order valence-corrected chi connectivity index (χ4v) is 2.30. The topological polar surface area (TPSA) is 47.4 Å². The predicted molar refractivity (Wildman–Crippen MR) is 62.2 cm³/mol. The van der Waals surface area contributed by atoms with Gasteiger partial charge in [0.2, 0.25) is 0 Å². The van der Waals surface area contributed by atoms with E-state index in [0.717, 1.165) is 12.4 Å². The summed E-state index contributed by atoms with van der Waals surface area (Å²) in [6.07, 6.45) is 0. The molecule has 88 valence electrons. The molecule has 0 fully saturated rings. The second-order valence-corrected chi connectivity index (χ2v) is 4.11. The minimum atomic E-state index is -0.292. The number of hydrogen-bond donors (Lipinski definition) is 0. The van der Waals surface area contributed by atoms with E-state index in [1.807, 2.05) is 6.92 Å². The zero-order valence-electron chi connectivity index (χ0n) is 9.31. The number of ether oxygens (including phenoxy) is 1. The highest BCUT2D eigenvalue weighted by Gasteiger charge is 2.29. The number of aromatic nitrogens is 2. The van der Waals surface area contributed by atoms with E-state index in [1.165, 1.54) is 0 Å². The molecule has 1 aromatic rings. The van der Waals surface area contributed by atoms with Crippen LogP contribution < -0.4 is 10.6 Å². The quantitative estimate of drug-likeness (QED) is 0.736. The summed E-state index contributed by atoms with van der Waals surface area (Å²) in [5, 5.41) is 0.243. The maximum Gasteiger partial charge on any atom is 0.350 e. The van der Waals surface area contributed by atoms with Crippen molar-refractivity contribution in [2.24, 2.45) is 0 Å². The molecule has 0 saturated carbocycles. The Kier molecular flexibility index (Phi) is 3.16. The molecule has 5 nitrogen and oxygen atoms in total. The minimum Gasteiger partial charge on any atom is -0.382 e. The fraction of sp³-hybridized carbons (Fsp3) is 0.600. The molecule has 0 N–H and O–H groups in total. The third-order valence-corrected chi connectivity index (χ3v) is 2.98. The molecule has 1 aromatic heterocycles. The van der Waals surface area contributed by atoms with Gasteiger partial charge in [-0.2, -0.15) is 4.98 Å². The van der Waals surface area contributed by atoms with E-state index in [1.54, 1.807) is 17.7 Å². The summed E-state index contributed by atoms with van der Waals surface area (Å²) in [7, 11) is 1.66. The summed E-state index contributed by atoms with van der Waals surface area (Å²) in [4.78, 5) is 17.5. The molecule has 0 unspecified atom stereocenters. The standard InChI is InChI=1S/C10H14ClN3O2/c1-3-13-7(6-16-2)5-14-9(13)4-8(11)12-10(14)15/h4,7H,3,5-6H2,1-2H3/t7-/m1/s1. The molecule has 2 heterocycles. The maximum absolute atomic E-state index is 11.6. The zero-order valence-corrected chi connectivity index (χ0v) is 10.1. The molecule has 0 radical (unpaired) electrons. The van der Waals surface area contributed by atoms with Crippen molar-refractivity contribution >= 4 is 17.4 Å². The van der Waals surface area contributed by atoms with Crippen LogP contribution in [0.15, 0.2) is 10.9 Å². The Morgan fingerprint density at radius 1 is 1.69 bits per heavy atom. The maximum atomic E-state index is 11.6. The van der Waals surface area contributed by atoms with Crippen LogP contribution in [-0.2, 0) is 11.3 Å². The van der Waals surface area contributed by atoms with Gasteiger partial charge >= 0.3 is 5.69 Å². The first-order valence-corrected chi connectivity index (χ1v) is 5.58. The van der Waals surface area contributed by atoms with Gasteiger partial charge in [-0.25, -0.2) is 4.79 Å². The normalized spacial score (nSPS) is 18.9. The Hall–Kier alpha value is -1.07. The lowest BCUT2D eigenvalue weighted by molar-refractivity contribution is 0.176. The molecule has 0 amide bonds. The number of rotatable bonds is 3. The van der Waals surface area contributed by atoms with Crippen LogP contribution in [0.1, 0.15) is 6.92 Å². The van der Waals surface area contributed by atoms with Crippen LogP contribution in [0.25, 0.3) is 0 Å². The van der Waals surface area contributed by atoms with E-state index in [-0.39, 0.29) is 16.9 Å². The summed E-state index contributed by atoms with van der Waals surface area (Å²) < 4.78 is 6.79. The Morgan fingerprint density at radius 2 is 2.44 bits per heavy atom. The van der Waals surface area contributed by atoms with Crippen LogP contribution >= 0.6 is 11.6 Å². The number of halogens is 1. The highest BCUT2D eigenvalue weighted by molar-refractivity contribution is 6.29. The monoisotopic (exact) mass is 243 g/mol. The van der Waals surface area contributed by atoms with Crippen LogP contribution in [0.2, 0.25) is 5.15 Å². The van der Waals surface area contributed by atoms with Gasteiger partial charge in [0.05, 0.1) is 19.2 Å². The highest BCUT2D eigenvalue weighted by atomic mass is 35.5. The Morgan fingerprint density at radius 3 is 3.06 bits per heavy atom. The van der Waals surface area contributed by atoms with E-state index in [2.05, 4.69) is 9.88 Å². The van der Waals surface area contributed by atoms with E-state index in [4.69, 9.17) is 16.3 Å². The molecular formula is C10H14ClN3O2. The van der Waals surface area contributed by atoms with Gasteiger partial charge < -0.3 is 9.64 Å². The molecule has 0 bridgehead atoms. The number of methoxy groups -OCH3 is 1. The van der Waals surface area contributed by atoms with E-state index >= 15 is 0 Å². The molecule has 1 aliphatic rings. The minimum absolute atomic E-state index is 0.183. The summed E-state index contributed by atoms with van der Waals surface area (Å²) in [6.45, 7) is 4.05. The molecule has 2 rings (SSSR count). The predicted octanol–water partition coefficient (Wildman–Crippen LogP) is 0.752. The number of likely N-dealkylation sites (N-methyl/N-ethyl adjacent to an activating group) is 1. The van der Waals surface area contributed by atoms with Gasteiger partial charge in [0.15, 0.2) is 0 Å². The summed E-state index contributed by atoms with van der Waals surface area (Å²) in [6, 6.07) is 1.91. The molecule has 6 heteroatoms. The SMILES string of the molecule is CCN1c2cc(Cl)nc(=O)n2C[C@@H]1COC. The smallest absolute Gasteiger partial charge is 0.350 e. The van der Waals surface area contributed by atoms with E-state index in [0.29, 0.717) is 13.2 Å². The van der Waals surface area contributed by atoms with Crippen LogP contribution in [0, 0.1) is 0 Å². The van der Waals surface area contributed by atoms with E-state index in [9.17, 15) is 4.79 Å². The Balaban J connectivity index is 2.42. The third-order valence-electron chi connectivity index (χ3n) is 2.79. The average molecular weight is 244 g/mol. The van der Waals surface area contributed by atoms with Crippen molar-refractivity contribution in [2.45, 2.75) is 19.5 Å². The van der Waals surface area contributed by atoms with Crippen molar-refractivity contribution in [1.29, 1.82) is 0 Å². The van der Waals surface area contributed by atoms with Crippen molar-refractivity contribution in [3.8, 4) is 0 Å². The van der Waals surface area contributed by atoms with Gasteiger partial charge in [0, 0.05) is 19.7 Å². The molecule has 0 spiro atoms. The lowest BCUT2D eigenvalue weighted by atomic mass is 10.3. The second kappa shape index (κ2) is 4.43. The van der Waals surface area contributed by atoms with Gasteiger partial charge in [-0.3, -0.25) is 4.57 Å². The van der Waals surface area contributed by atoms with Gasteiger partial charge in [-0.15, -0.1) is 0 Å². The summed E-state index contributed by atoms with van der Waals surface area (Å²) in [5.74, 6) is 0.828. The van der Waals surface area contributed by atoms with Gasteiger partial charge in [0.25, 0.3) is 0 Å². The molecular weight excluding hydrogens is 230 g/mol. The van der Waals surface area contributed by atoms with Crippen molar-refractivity contribution in [2.75, 3.05) is 25.2 Å². The average Bonchev–Trinajstić information content (AvgIpc) is 2.56. The first-order chi connectivity index (χ1) is 7.67. The Bertz CT molecular complexity index is 446. The van der Waals surface area contributed by atoms with Crippen molar-refractivity contribution in [3.05, 3.63) is 21.7 Å². The molecule has 1 aliphatic heterocycles. The largest absolute Gasteiger partial charge is 0.382 e. The summed E-state index contributed by atoms with van der Waals surface area (Å²) >= 11 is 5.79. The van der Waals surface area contributed by atoms with Gasteiger partial charge in [0.1, 0.15) is 11.0 Å². The van der Waals surface area contributed by atoms with Gasteiger partial charge in [-0.05, 0) is 6.92 Å². The van der Waals surface area contributed by atoms with Crippen LogP contribution in [-0.4, -0.2) is 35.9 Å². The number of fused-ring (bicyclic) bond motifs is 1. The highest BCUT2D eigenvalue weighted by Crippen LogP contribution is 2.25. The summed E-state index contributed by atoms with van der Waals surface area (Å²) in [5.41, 5.74) is -0.292. The first-order valence-electron chi connectivity index (χ1n) is 5.20. The first kappa shape index (κ1) is 11.4. The van der Waals surface area contributed by atoms with Crippen molar-refractivity contribution in [1.82, 2.24) is 9.55 Å². The van der Waals surface area contributed by atoms with Gasteiger partial charge in [-0.1, -0.05) is 11.6 Å². The van der Waals surface area contributed by atoms with Crippen molar-refractivity contribution < 1.29 is 4.74 Å². The van der Waals surface area contributed by atoms with Crippen LogP contribution in [0.4, 0.5) is 5.82 Å². The van der Waals surface area contributed by atoms with E-state index < -0.39 is 0 Å². The number of nitrogens with zero attached hydrogens (tertiary/aromatic N) is 3. The number of anilines is 1. The molecule has 16 heavy (non-hydrogen) atoms. The van der Waals surface area contributed by atoms with Crippen molar-refractivity contribution in [3.63, 3.8) is 0 Å². The molecule has 1 atom stereocenters. The zero-order chi connectivity index (χ0) is 11.7. The fourth-order valence-electron chi connectivity index (χ4n) is 2.13. The van der Waals surface area contributed by atoms with Crippen LogP contribution in [0.3, 0.4) is 0 Å². The number of hydrogen-bond acceptors (Lipinski definition) is 4. The molecule has 0 aromatic carbocycles. The second-order valence-electron chi connectivity index (χ2n) is 3.73. The molecule has 0 aliphatic carbocycles. The lowest BCUT2D eigenvalue weighted by Crippen LogP contribution is -2.35.